The summed E-state index contributed by atoms with van der Waals surface area (Å²) in [5.41, 5.74) is 0.975. The van der Waals surface area contributed by atoms with Crippen LogP contribution in [0.1, 0.15) is 10.4 Å². The Morgan fingerprint density at radius 1 is 1.12 bits per heavy atom. The first-order valence-corrected chi connectivity index (χ1v) is 7.01. The minimum Gasteiger partial charge on any atom is -0.487 e. The van der Waals surface area contributed by atoms with Crippen molar-refractivity contribution in [3.63, 3.8) is 0 Å². The molecule has 0 atom stereocenters. The highest BCUT2D eigenvalue weighted by Crippen LogP contribution is 2.28. The SMILES string of the molecule is ClCc1ccc(OCc2ccc(Cl)s2)c(Cl)c1. The Labute approximate surface area is 119 Å². The van der Waals surface area contributed by atoms with Crippen molar-refractivity contribution < 1.29 is 4.74 Å². The lowest BCUT2D eigenvalue weighted by Gasteiger charge is -2.07. The number of halogens is 3. The van der Waals surface area contributed by atoms with Gasteiger partial charge >= 0.3 is 0 Å². The molecule has 0 amide bonds. The van der Waals surface area contributed by atoms with Gasteiger partial charge in [0.15, 0.2) is 0 Å². The summed E-state index contributed by atoms with van der Waals surface area (Å²) < 4.78 is 6.37. The molecule has 2 rings (SSSR count). The molecule has 0 aliphatic heterocycles. The van der Waals surface area contributed by atoms with E-state index < -0.39 is 0 Å². The van der Waals surface area contributed by atoms with Crippen LogP contribution in [-0.2, 0) is 12.5 Å². The summed E-state index contributed by atoms with van der Waals surface area (Å²) in [5.74, 6) is 1.10. The van der Waals surface area contributed by atoms with E-state index in [1.165, 1.54) is 11.3 Å². The van der Waals surface area contributed by atoms with Gasteiger partial charge in [0.05, 0.1) is 9.36 Å². The first-order chi connectivity index (χ1) is 8.19. The first kappa shape index (κ1) is 13.0. The maximum atomic E-state index is 6.07. The van der Waals surface area contributed by atoms with Gasteiger partial charge < -0.3 is 4.74 Å². The molecule has 0 fully saturated rings. The molecule has 2 aromatic rings. The zero-order valence-electron chi connectivity index (χ0n) is 8.75. The van der Waals surface area contributed by atoms with Crippen LogP contribution in [0.2, 0.25) is 9.36 Å². The van der Waals surface area contributed by atoms with E-state index in [0.29, 0.717) is 23.3 Å². The van der Waals surface area contributed by atoms with E-state index in [1.807, 2.05) is 30.3 Å². The number of thiophene rings is 1. The van der Waals surface area contributed by atoms with Gasteiger partial charge in [-0.15, -0.1) is 22.9 Å². The molecule has 0 radical (unpaired) electrons. The molecule has 0 aliphatic carbocycles. The molecule has 1 nitrogen and oxygen atoms in total. The minimum absolute atomic E-state index is 0.445. The number of ether oxygens (including phenoxy) is 1. The van der Waals surface area contributed by atoms with E-state index >= 15 is 0 Å². The Hall–Kier alpha value is -0.410. The van der Waals surface area contributed by atoms with Crippen LogP contribution >= 0.6 is 46.1 Å². The molecular weight excluding hydrogens is 299 g/mol. The number of hydrogen-bond donors (Lipinski definition) is 0. The third-order valence-corrected chi connectivity index (χ3v) is 3.96. The summed E-state index contributed by atoms with van der Waals surface area (Å²) in [6, 6.07) is 9.33. The van der Waals surface area contributed by atoms with Crippen molar-refractivity contribution in [3.8, 4) is 5.75 Å². The molecule has 1 heterocycles. The van der Waals surface area contributed by atoms with Crippen LogP contribution < -0.4 is 4.74 Å². The van der Waals surface area contributed by atoms with Crippen molar-refractivity contribution in [2.75, 3.05) is 0 Å². The molecule has 1 aromatic carbocycles. The van der Waals surface area contributed by atoms with Crippen molar-refractivity contribution in [2.45, 2.75) is 12.5 Å². The van der Waals surface area contributed by atoms with Gasteiger partial charge in [-0.05, 0) is 29.8 Å². The average Bonchev–Trinajstić information content (AvgIpc) is 2.73. The van der Waals surface area contributed by atoms with Crippen LogP contribution in [0.3, 0.4) is 0 Å². The normalized spacial score (nSPS) is 10.5. The first-order valence-electron chi connectivity index (χ1n) is 4.90. The predicted molar refractivity (Wildman–Crippen MR) is 74.7 cm³/mol. The highest BCUT2D eigenvalue weighted by molar-refractivity contribution is 7.16. The quantitative estimate of drug-likeness (QED) is 0.690. The minimum atomic E-state index is 0.445. The smallest absolute Gasteiger partial charge is 0.138 e. The van der Waals surface area contributed by atoms with Gasteiger partial charge in [-0.2, -0.15) is 0 Å². The summed E-state index contributed by atoms with van der Waals surface area (Å²) >= 11 is 19.1. The molecule has 0 unspecified atom stereocenters. The van der Waals surface area contributed by atoms with Gasteiger partial charge in [0.25, 0.3) is 0 Å². The van der Waals surface area contributed by atoms with Crippen LogP contribution in [0.15, 0.2) is 30.3 Å². The van der Waals surface area contributed by atoms with E-state index in [2.05, 4.69) is 0 Å². The third kappa shape index (κ3) is 3.52. The topological polar surface area (TPSA) is 9.23 Å². The van der Waals surface area contributed by atoms with Crippen molar-refractivity contribution in [2.24, 2.45) is 0 Å². The lowest BCUT2D eigenvalue weighted by Crippen LogP contribution is -1.93. The van der Waals surface area contributed by atoms with Gasteiger partial charge in [0.1, 0.15) is 12.4 Å². The van der Waals surface area contributed by atoms with Gasteiger partial charge in [-0.1, -0.05) is 29.3 Å². The van der Waals surface area contributed by atoms with Crippen LogP contribution in [0.5, 0.6) is 5.75 Å². The zero-order valence-corrected chi connectivity index (χ0v) is 11.8. The zero-order chi connectivity index (χ0) is 12.3. The highest BCUT2D eigenvalue weighted by atomic mass is 35.5. The second-order valence-corrected chi connectivity index (χ2v) is 5.87. The molecule has 1 aromatic heterocycles. The molecule has 0 spiro atoms. The monoisotopic (exact) mass is 306 g/mol. The summed E-state index contributed by atoms with van der Waals surface area (Å²) in [6.45, 7) is 0.470. The van der Waals surface area contributed by atoms with Gasteiger partial charge in [-0.3, -0.25) is 0 Å². The van der Waals surface area contributed by atoms with Gasteiger partial charge in [-0.25, -0.2) is 0 Å². The number of benzene rings is 1. The summed E-state index contributed by atoms with van der Waals surface area (Å²) in [6.07, 6.45) is 0. The Balaban J connectivity index is 2.04. The van der Waals surface area contributed by atoms with Crippen LogP contribution in [0, 0.1) is 0 Å². The Kier molecular flexibility index (Phi) is 4.57. The van der Waals surface area contributed by atoms with Crippen molar-refractivity contribution in [3.05, 3.63) is 50.1 Å². The number of alkyl halides is 1. The standard InChI is InChI=1S/C12H9Cl3OS/c13-6-8-1-3-11(10(14)5-8)16-7-9-2-4-12(15)17-9/h1-5H,6-7H2. The van der Waals surface area contributed by atoms with E-state index in [-0.39, 0.29) is 0 Å². The maximum absolute atomic E-state index is 6.07. The highest BCUT2D eigenvalue weighted by Gasteiger charge is 2.04. The fourth-order valence-electron chi connectivity index (χ4n) is 1.32. The molecule has 0 saturated heterocycles. The van der Waals surface area contributed by atoms with E-state index in [4.69, 9.17) is 39.5 Å². The molecule has 0 bridgehead atoms. The van der Waals surface area contributed by atoms with Crippen LogP contribution in [0.4, 0.5) is 0 Å². The van der Waals surface area contributed by atoms with E-state index in [9.17, 15) is 0 Å². The molecule has 90 valence electrons. The van der Waals surface area contributed by atoms with Crippen molar-refractivity contribution in [1.82, 2.24) is 0 Å². The van der Waals surface area contributed by atoms with Crippen molar-refractivity contribution in [1.29, 1.82) is 0 Å². The second-order valence-electron chi connectivity index (χ2n) is 3.39. The summed E-state index contributed by atoms with van der Waals surface area (Å²) in [7, 11) is 0. The molecule has 0 saturated carbocycles. The third-order valence-electron chi connectivity index (χ3n) is 2.15. The number of rotatable bonds is 4. The largest absolute Gasteiger partial charge is 0.487 e. The number of hydrogen-bond acceptors (Lipinski definition) is 2. The van der Waals surface area contributed by atoms with Crippen LogP contribution in [-0.4, -0.2) is 0 Å². The van der Waals surface area contributed by atoms with Crippen LogP contribution in [0.25, 0.3) is 0 Å². The molecule has 17 heavy (non-hydrogen) atoms. The fraction of sp³-hybridized carbons (Fsp3) is 0.167. The van der Waals surface area contributed by atoms with Crippen molar-refractivity contribution >= 4 is 46.1 Å². The summed E-state index contributed by atoms with van der Waals surface area (Å²) in [5, 5.41) is 0.575. The van der Waals surface area contributed by atoms with Gasteiger partial charge in [0, 0.05) is 10.8 Å². The Morgan fingerprint density at radius 3 is 2.53 bits per heavy atom. The predicted octanol–water partition coefficient (Wildman–Crippen LogP) is 5.37. The maximum Gasteiger partial charge on any atom is 0.138 e. The summed E-state index contributed by atoms with van der Waals surface area (Å²) in [4.78, 5) is 1.06. The Bertz CT molecular complexity index is 510. The Morgan fingerprint density at radius 2 is 1.94 bits per heavy atom. The molecule has 5 heteroatoms. The molecule has 0 N–H and O–H groups in total. The molecular formula is C12H9Cl3OS. The lowest BCUT2D eigenvalue weighted by atomic mass is 10.2. The van der Waals surface area contributed by atoms with Gasteiger partial charge in [0.2, 0.25) is 0 Å². The lowest BCUT2D eigenvalue weighted by molar-refractivity contribution is 0.310. The second kappa shape index (κ2) is 5.96. The van der Waals surface area contributed by atoms with E-state index in [1.54, 1.807) is 0 Å². The fourth-order valence-corrected chi connectivity index (χ4v) is 2.75. The molecule has 0 aliphatic rings. The average molecular weight is 308 g/mol. The van der Waals surface area contributed by atoms with E-state index in [0.717, 1.165) is 14.8 Å².